The van der Waals surface area contributed by atoms with Crippen LogP contribution in [0.5, 0.6) is 0 Å². The number of carbonyl (C=O) groups excluding carboxylic acids is 1. The molecule has 5 aliphatic rings. The van der Waals surface area contributed by atoms with Crippen LogP contribution in [0.25, 0.3) is 0 Å². The molecule has 3 saturated carbocycles. The number of nitrogens with zero attached hydrogens (tertiary/aromatic N) is 2. The Morgan fingerprint density at radius 1 is 1.19 bits per heavy atom. The minimum atomic E-state index is -1.36. The van der Waals surface area contributed by atoms with Gasteiger partial charge in [0.1, 0.15) is 17.6 Å². The van der Waals surface area contributed by atoms with Gasteiger partial charge >= 0.3 is 13.2 Å². The second-order valence-corrected chi connectivity index (χ2v) is 13.3. The van der Waals surface area contributed by atoms with Crippen LogP contribution in [-0.4, -0.2) is 51.4 Å². The Bertz CT molecular complexity index is 1420. The molecule has 42 heavy (non-hydrogen) atoms. The molecule has 0 spiro atoms. The number of aromatic nitrogens is 2. The zero-order chi connectivity index (χ0) is 29.8. The largest absolute Gasteiger partial charge is 0.481 e. The van der Waals surface area contributed by atoms with Crippen molar-refractivity contribution in [3.63, 3.8) is 0 Å². The van der Waals surface area contributed by atoms with E-state index < -0.39 is 24.8 Å². The minimum absolute atomic E-state index is 0.00268. The SMILES string of the molecule is CC[C@H](NC(=O)[C@@H]1CC(CCCc2ccccc2)c2ncc(NC(=O)O)c(=O)n21)B1O[C@@H]2C[C@@H]3CC(C3(C)C)C2(C)O1. The quantitative estimate of drug-likeness (QED) is 0.374. The zero-order valence-corrected chi connectivity index (χ0v) is 24.8. The molecule has 3 N–H and O–H groups in total. The zero-order valence-electron chi connectivity index (χ0n) is 24.8. The second-order valence-electron chi connectivity index (χ2n) is 13.3. The molecule has 3 unspecified atom stereocenters. The van der Waals surface area contributed by atoms with E-state index in [2.05, 4.69) is 48.5 Å². The van der Waals surface area contributed by atoms with Gasteiger partial charge in [0, 0.05) is 5.92 Å². The first-order valence-corrected chi connectivity index (χ1v) is 15.3. The maximum absolute atomic E-state index is 13.9. The van der Waals surface area contributed by atoms with E-state index in [1.807, 2.05) is 25.1 Å². The normalized spacial score (nSPS) is 31.0. The Kier molecular flexibility index (Phi) is 7.46. The first-order chi connectivity index (χ1) is 20.0. The van der Waals surface area contributed by atoms with Gasteiger partial charge in [-0.1, -0.05) is 51.1 Å². The molecule has 2 aliphatic heterocycles. The van der Waals surface area contributed by atoms with E-state index in [-0.39, 0.29) is 40.6 Å². The number of hydrogen-bond acceptors (Lipinski definition) is 6. The Morgan fingerprint density at radius 3 is 2.64 bits per heavy atom. The van der Waals surface area contributed by atoms with E-state index in [4.69, 9.17) is 9.31 Å². The molecule has 7 atom stereocenters. The van der Waals surface area contributed by atoms with Crippen LogP contribution in [0.2, 0.25) is 0 Å². The molecule has 3 heterocycles. The third-order valence-electron chi connectivity index (χ3n) is 10.7. The Labute approximate surface area is 246 Å². The molecule has 2 aromatic rings. The van der Waals surface area contributed by atoms with Crippen molar-refractivity contribution >= 4 is 24.8 Å². The summed E-state index contributed by atoms with van der Waals surface area (Å²) in [5.74, 6) is 0.762. The predicted octanol–water partition coefficient (Wildman–Crippen LogP) is 4.55. The third kappa shape index (κ3) is 4.84. The maximum atomic E-state index is 13.9. The summed E-state index contributed by atoms with van der Waals surface area (Å²) in [4.78, 5) is 43.1. The molecule has 1 aromatic carbocycles. The average Bonchev–Trinajstić information content (AvgIpc) is 3.51. The van der Waals surface area contributed by atoms with Crippen LogP contribution in [0.15, 0.2) is 41.3 Å². The van der Waals surface area contributed by atoms with Crippen molar-refractivity contribution in [1.82, 2.24) is 14.9 Å². The predicted molar refractivity (Wildman–Crippen MR) is 158 cm³/mol. The van der Waals surface area contributed by atoms with Crippen LogP contribution >= 0.6 is 0 Å². The summed E-state index contributed by atoms with van der Waals surface area (Å²) in [6, 6.07) is 9.38. The van der Waals surface area contributed by atoms with Crippen LogP contribution in [0.3, 0.4) is 0 Å². The molecule has 2 amide bonds. The Balaban J connectivity index is 1.19. The Hall–Kier alpha value is -3.18. The van der Waals surface area contributed by atoms with Gasteiger partial charge in [0.2, 0.25) is 5.91 Å². The summed E-state index contributed by atoms with van der Waals surface area (Å²) >= 11 is 0. The number of hydrogen-bond donors (Lipinski definition) is 3. The van der Waals surface area contributed by atoms with E-state index >= 15 is 0 Å². The number of carboxylic acid groups (broad SMARTS) is 1. The fourth-order valence-corrected chi connectivity index (χ4v) is 8.15. The monoisotopic (exact) mass is 576 g/mol. The van der Waals surface area contributed by atoms with Gasteiger partial charge in [-0.3, -0.25) is 19.5 Å². The first kappa shape index (κ1) is 28.9. The van der Waals surface area contributed by atoms with Crippen LogP contribution in [0, 0.1) is 17.3 Å². The third-order valence-corrected chi connectivity index (χ3v) is 10.7. The molecule has 1 aromatic heterocycles. The summed E-state index contributed by atoms with van der Waals surface area (Å²) in [6.07, 6.45) is 5.53. The smallest absolute Gasteiger partial charge is 0.465 e. The summed E-state index contributed by atoms with van der Waals surface area (Å²) in [7, 11) is -0.568. The number of fused-ring (bicyclic) bond motifs is 1. The van der Waals surface area contributed by atoms with Crippen LogP contribution < -0.4 is 16.2 Å². The van der Waals surface area contributed by atoms with Crippen molar-refractivity contribution in [2.75, 3.05) is 5.32 Å². The Morgan fingerprint density at radius 2 is 1.95 bits per heavy atom. The highest BCUT2D eigenvalue weighted by Gasteiger charge is 2.68. The van der Waals surface area contributed by atoms with E-state index in [0.717, 1.165) is 32.1 Å². The van der Waals surface area contributed by atoms with Crippen molar-refractivity contribution in [3.8, 4) is 0 Å². The molecule has 11 heteroatoms. The maximum Gasteiger partial charge on any atom is 0.481 e. The van der Waals surface area contributed by atoms with Gasteiger partial charge in [0.05, 0.1) is 23.8 Å². The fourth-order valence-electron chi connectivity index (χ4n) is 8.15. The lowest BCUT2D eigenvalue weighted by Gasteiger charge is -2.64. The number of carbonyl (C=O) groups is 2. The fraction of sp³-hybridized carbons (Fsp3) is 0.613. The molecular weight excluding hydrogens is 535 g/mol. The van der Waals surface area contributed by atoms with Crippen molar-refractivity contribution in [2.24, 2.45) is 17.3 Å². The molecule has 10 nitrogen and oxygen atoms in total. The summed E-state index contributed by atoms with van der Waals surface area (Å²) < 4.78 is 14.5. The summed E-state index contributed by atoms with van der Waals surface area (Å²) in [6.45, 7) is 8.78. The van der Waals surface area contributed by atoms with Crippen LogP contribution in [-0.2, 0) is 20.5 Å². The van der Waals surface area contributed by atoms with E-state index in [9.17, 15) is 19.5 Å². The highest BCUT2D eigenvalue weighted by atomic mass is 16.7. The lowest BCUT2D eigenvalue weighted by atomic mass is 9.43. The number of amides is 2. The van der Waals surface area contributed by atoms with Crippen molar-refractivity contribution in [2.45, 2.75) is 102 Å². The second kappa shape index (κ2) is 10.8. The van der Waals surface area contributed by atoms with Crippen LogP contribution in [0.4, 0.5) is 10.5 Å². The lowest BCUT2D eigenvalue weighted by molar-refractivity contribution is -0.199. The standard InChI is InChI=1S/C31H41BN4O6/c1-5-25(32-41-24-16-20-15-23(30(20,2)3)31(24,4)42-32)35-27(37)22-14-19(13-9-12-18-10-7-6-8-11-18)26-33-17-21(34-29(39)40)28(38)36(22)26/h6-8,10-11,17,19-20,22-25,34H,5,9,12-16H2,1-4H3,(H,35,37)(H,39,40)/t19?,20-,22-,23?,24+,25-,31?/m0/s1. The lowest BCUT2D eigenvalue weighted by Crippen LogP contribution is -2.65. The molecule has 4 fully saturated rings. The van der Waals surface area contributed by atoms with Gasteiger partial charge in [0.15, 0.2) is 0 Å². The average molecular weight is 577 g/mol. The topological polar surface area (TPSA) is 132 Å². The summed E-state index contributed by atoms with van der Waals surface area (Å²) in [5, 5.41) is 14.5. The first-order valence-electron chi connectivity index (χ1n) is 15.3. The van der Waals surface area contributed by atoms with E-state index in [0.29, 0.717) is 30.5 Å². The molecule has 0 radical (unpaired) electrons. The number of nitrogens with one attached hydrogen (secondary N) is 2. The van der Waals surface area contributed by atoms with Gasteiger partial charge in [-0.25, -0.2) is 9.78 Å². The molecule has 3 aliphatic carbocycles. The van der Waals surface area contributed by atoms with Gasteiger partial charge < -0.3 is 19.7 Å². The van der Waals surface area contributed by atoms with Gasteiger partial charge in [0.25, 0.3) is 5.56 Å². The minimum Gasteiger partial charge on any atom is -0.465 e. The van der Waals surface area contributed by atoms with Crippen molar-refractivity contribution < 1.29 is 24.0 Å². The molecule has 2 bridgehead atoms. The summed E-state index contributed by atoms with van der Waals surface area (Å²) in [5.41, 5.74) is 0.335. The van der Waals surface area contributed by atoms with Crippen molar-refractivity contribution in [3.05, 3.63) is 58.3 Å². The van der Waals surface area contributed by atoms with Crippen molar-refractivity contribution in [1.29, 1.82) is 0 Å². The van der Waals surface area contributed by atoms with Gasteiger partial charge in [-0.2, -0.15) is 0 Å². The van der Waals surface area contributed by atoms with Gasteiger partial charge in [-0.15, -0.1) is 0 Å². The van der Waals surface area contributed by atoms with E-state index in [1.54, 1.807) is 0 Å². The highest BCUT2D eigenvalue weighted by Crippen LogP contribution is 2.65. The molecule has 224 valence electrons. The number of benzene rings is 1. The number of anilines is 1. The number of aryl methyl sites for hydroxylation is 1. The number of rotatable bonds is 9. The highest BCUT2D eigenvalue weighted by molar-refractivity contribution is 6.47. The molecule has 1 saturated heterocycles. The molecular formula is C31H41BN4O6. The van der Waals surface area contributed by atoms with E-state index in [1.165, 1.54) is 16.3 Å². The molecule has 7 rings (SSSR count). The van der Waals surface area contributed by atoms with Gasteiger partial charge in [-0.05, 0) is 74.7 Å². The van der Waals surface area contributed by atoms with Crippen LogP contribution in [0.1, 0.15) is 89.6 Å².